The molecule has 1 atom stereocenters. The molecule has 1 fully saturated rings. The Kier molecular flexibility index (Phi) is 6.02. The Labute approximate surface area is 176 Å². The molecule has 1 aliphatic rings. The third-order valence-electron chi connectivity index (χ3n) is 5.61. The monoisotopic (exact) mass is 404 g/mol. The fourth-order valence-corrected chi connectivity index (χ4v) is 3.78. The maximum Gasteiger partial charge on any atom is 0.225 e. The predicted octanol–water partition coefficient (Wildman–Crippen LogP) is 4.12. The summed E-state index contributed by atoms with van der Waals surface area (Å²) >= 11 is 0. The van der Waals surface area contributed by atoms with Crippen LogP contribution in [0.25, 0.3) is 11.1 Å². The Bertz CT molecular complexity index is 1000. The zero-order valence-corrected chi connectivity index (χ0v) is 17.0. The summed E-state index contributed by atoms with van der Waals surface area (Å²) < 4.78 is 13.1. The van der Waals surface area contributed by atoms with Gasteiger partial charge in [-0.3, -0.25) is 4.79 Å². The molecule has 30 heavy (non-hydrogen) atoms. The summed E-state index contributed by atoms with van der Waals surface area (Å²) in [6.07, 6.45) is 5.28. The number of piperidine rings is 1. The lowest BCUT2D eigenvalue weighted by molar-refractivity contribution is -0.125. The summed E-state index contributed by atoms with van der Waals surface area (Å²) in [5.41, 5.74) is 4.02. The van der Waals surface area contributed by atoms with E-state index >= 15 is 0 Å². The summed E-state index contributed by atoms with van der Waals surface area (Å²) in [5, 5.41) is 3.08. The number of aryl methyl sites for hydroxylation is 1. The first kappa shape index (κ1) is 20.0. The van der Waals surface area contributed by atoms with Gasteiger partial charge in [0.15, 0.2) is 0 Å². The Hall–Kier alpha value is -3.28. The Morgan fingerprint density at radius 3 is 2.57 bits per heavy atom. The highest BCUT2D eigenvalue weighted by molar-refractivity contribution is 5.79. The van der Waals surface area contributed by atoms with Gasteiger partial charge < -0.3 is 10.2 Å². The molecule has 1 aromatic heterocycles. The highest BCUT2D eigenvalue weighted by atomic mass is 19.1. The molecule has 1 N–H and O–H groups in total. The number of carbonyl (C=O) groups excluding carboxylic acids is 1. The van der Waals surface area contributed by atoms with Crippen LogP contribution in [-0.2, 0) is 11.3 Å². The summed E-state index contributed by atoms with van der Waals surface area (Å²) in [7, 11) is 0. The lowest BCUT2D eigenvalue weighted by Gasteiger charge is -2.32. The normalized spacial score (nSPS) is 16.3. The van der Waals surface area contributed by atoms with Crippen LogP contribution in [0.15, 0.2) is 60.9 Å². The van der Waals surface area contributed by atoms with Crippen molar-refractivity contribution in [2.45, 2.75) is 26.3 Å². The van der Waals surface area contributed by atoms with E-state index in [4.69, 9.17) is 0 Å². The lowest BCUT2D eigenvalue weighted by Crippen LogP contribution is -2.43. The molecular formula is C24H25FN4O. The molecule has 0 saturated carbocycles. The second-order valence-corrected chi connectivity index (χ2v) is 7.71. The molecule has 1 aliphatic heterocycles. The smallest absolute Gasteiger partial charge is 0.225 e. The maximum absolute atomic E-state index is 13.1. The van der Waals surface area contributed by atoms with Crippen LogP contribution in [0.2, 0.25) is 0 Å². The zero-order valence-electron chi connectivity index (χ0n) is 17.0. The van der Waals surface area contributed by atoms with Crippen LogP contribution in [0.3, 0.4) is 0 Å². The van der Waals surface area contributed by atoms with Gasteiger partial charge in [0, 0.05) is 37.6 Å². The summed E-state index contributed by atoms with van der Waals surface area (Å²) in [4.78, 5) is 23.8. The van der Waals surface area contributed by atoms with Crippen LogP contribution in [0, 0.1) is 18.7 Å². The molecule has 0 spiro atoms. The fourth-order valence-electron chi connectivity index (χ4n) is 3.78. The van der Waals surface area contributed by atoms with E-state index in [1.165, 1.54) is 17.7 Å². The predicted molar refractivity (Wildman–Crippen MR) is 115 cm³/mol. The fraction of sp³-hybridized carbons (Fsp3) is 0.292. The Morgan fingerprint density at radius 2 is 1.83 bits per heavy atom. The molecular weight excluding hydrogens is 379 g/mol. The number of carbonyl (C=O) groups is 1. The van der Waals surface area contributed by atoms with Gasteiger partial charge in [0.1, 0.15) is 5.82 Å². The molecule has 4 rings (SSSR count). The molecule has 0 unspecified atom stereocenters. The third-order valence-corrected chi connectivity index (χ3v) is 5.61. The van der Waals surface area contributed by atoms with E-state index in [-0.39, 0.29) is 17.6 Å². The summed E-state index contributed by atoms with van der Waals surface area (Å²) in [6, 6.07) is 14.4. The van der Waals surface area contributed by atoms with Crippen molar-refractivity contribution in [3.05, 3.63) is 77.9 Å². The number of anilines is 1. The van der Waals surface area contributed by atoms with Crippen LogP contribution >= 0.6 is 0 Å². The highest BCUT2D eigenvalue weighted by Crippen LogP contribution is 2.23. The van der Waals surface area contributed by atoms with E-state index < -0.39 is 0 Å². The van der Waals surface area contributed by atoms with Crippen molar-refractivity contribution in [1.29, 1.82) is 0 Å². The zero-order chi connectivity index (χ0) is 20.9. The van der Waals surface area contributed by atoms with Gasteiger partial charge in [-0.2, -0.15) is 0 Å². The molecule has 2 heterocycles. The summed E-state index contributed by atoms with van der Waals surface area (Å²) in [6.45, 7) is 4.04. The number of halogens is 1. The van der Waals surface area contributed by atoms with Crippen LogP contribution in [0.1, 0.15) is 24.0 Å². The number of benzene rings is 2. The number of nitrogens with one attached hydrogen (secondary N) is 1. The van der Waals surface area contributed by atoms with Crippen molar-refractivity contribution in [3.63, 3.8) is 0 Å². The first-order valence-electron chi connectivity index (χ1n) is 10.3. The van der Waals surface area contributed by atoms with Gasteiger partial charge in [0.2, 0.25) is 11.9 Å². The van der Waals surface area contributed by atoms with Crippen molar-refractivity contribution in [2.75, 3.05) is 18.0 Å². The quantitative estimate of drug-likeness (QED) is 0.695. The molecule has 0 aliphatic carbocycles. The number of amides is 1. The van der Waals surface area contributed by atoms with Crippen LogP contribution < -0.4 is 10.2 Å². The first-order valence-corrected chi connectivity index (χ1v) is 10.3. The minimum absolute atomic E-state index is 0.0749. The van der Waals surface area contributed by atoms with Gasteiger partial charge in [0.05, 0.1) is 5.92 Å². The molecule has 0 radical (unpaired) electrons. The molecule has 2 aromatic carbocycles. The average molecular weight is 404 g/mol. The SMILES string of the molecule is Cc1ccccc1CNC(=O)[C@@H]1CCCN(c2ncc(-c3ccc(F)cc3)cn2)C1. The van der Waals surface area contributed by atoms with Crippen molar-refractivity contribution in [2.24, 2.45) is 5.92 Å². The van der Waals surface area contributed by atoms with Gasteiger partial charge in [-0.1, -0.05) is 36.4 Å². The van der Waals surface area contributed by atoms with Gasteiger partial charge in [-0.25, -0.2) is 14.4 Å². The molecule has 5 nitrogen and oxygen atoms in total. The van der Waals surface area contributed by atoms with Crippen LogP contribution in [-0.4, -0.2) is 29.0 Å². The Morgan fingerprint density at radius 1 is 1.10 bits per heavy atom. The van der Waals surface area contributed by atoms with Crippen molar-refractivity contribution >= 4 is 11.9 Å². The van der Waals surface area contributed by atoms with E-state index in [0.29, 0.717) is 19.0 Å². The van der Waals surface area contributed by atoms with Crippen molar-refractivity contribution in [3.8, 4) is 11.1 Å². The largest absolute Gasteiger partial charge is 0.352 e. The summed E-state index contributed by atoms with van der Waals surface area (Å²) in [5.74, 6) is 0.350. The standard InChI is InChI=1S/C24H25FN4O/c1-17-5-2-3-6-19(17)13-26-23(30)20-7-4-12-29(16-20)24-27-14-21(15-28-24)18-8-10-22(25)11-9-18/h2-3,5-6,8-11,14-15,20H,4,7,12-13,16H2,1H3,(H,26,30)/t20-/m1/s1. The minimum Gasteiger partial charge on any atom is -0.352 e. The van der Waals surface area contributed by atoms with Crippen LogP contribution in [0.4, 0.5) is 10.3 Å². The first-order chi connectivity index (χ1) is 14.6. The van der Waals surface area contributed by atoms with E-state index in [1.54, 1.807) is 24.5 Å². The maximum atomic E-state index is 13.1. The van der Waals surface area contributed by atoms with Gasteiger partial charge in [-0.15, -0.1) is 0 Å². The van der Waals surface area contributed by atoms with E-state index in [2.05, 4.69) is 33.2 Å². The van der Waals surface area contributed by atoms with E-state index in [0.717, 1.165) is 36.1 Å². The van der Waals surface area contributed by atoms with E-state index in [9.17, 15) is 9.18 Å². The number of rotatable bonds is 5. The van der Waals surface area contributed by atoms with Crippen LogP contribution in [0.5, 0.6) is 0 Å². The third kappa shape index (κ3) is 4.64. The van der Waals surface area contributed by atoms with Crippen molar-refractivity contribution in [1.82, 2.24) is 15.3 Å². The second kappa shape index (κ2) is 9.03. The number of hydrogen-bond donors (Lipinski definition) is 1. The lowest BCUT2D eigenvalue weighted by atomic mass is 9.97. The van der Waals surface area contributed by atoms with Crippen molar-refractivity contribution < 1.29 is 9.18 Å². The second-order valence-electron chi connectivity index (χ2n) is 7.71. The minimum atomic E-state index is -0.267. The number of nitrogens with zero attached hydrogens (tertiary/aromatic N) is 3. The molecule has 6 heteroatoms. The van der Waals surface area contributed by atoms with E-state index in [1.807, 2.05) is 18.2 Å². The number of aromatic nitrogens is 2. The molecule has 0 bridgehead atoms. The van der Waals surface area contributed by atoms with Gasteiger partial charge in [0.25, 0.3) is 0 Å². The number of hydrogen-bond acceptors (Lipinski definition) is 4. The van der Waals surface area contributed by atoms with Gasteiger partial charge >= 0.3 is 0 Å². The average Bonchev–Trinajstić information content (AvgIpc) is 2.79. The van der Waals surface area contributed by atoms with Gasteiger partial charge in [-0.05, 0) is 48.6 Å². The molecule has 154 valence electrons. The molecule has 3 aromatic rings. The topological polar surface area (TPSA) is 58.1 Å². The molecule has 1 amide bonds. The molecule has 1 saturated heterocycles. The Balaban J connectivity index is 1.38. The highest BCUT2D eigenvalue weighted by Gasteiger charge is 2.27.